The Hall–Kier alpha value is -2.02. The fraction of sp³-hybridized carbons (Fsp3) is 0.154. The molecule has 2 rings (SSSR count). The molecule has 0 saturated heterocycles. The average Bonchev–Trinajstić information content (AvgIpc) is 2.87. The first kappa shape index (κ1) is 14.4. The topological polar surface area (TPSA) is 40.5 Å². The largest absolute Gasteiger partial charge is 0.465 e. The van der Waals surface area contributed by atoms with Gasteiger partial charge in [0.15, 0.2) is 11.6 Å². The molecule has 0 radical (unpaired) electrons. The second-order valence-corrected chi connectivity index (χ2v) is 4.91. The number of hydrogen-bond acceptors (Lipinski definition) is 2. The summed E-state index contributed by atoms with van der Waals surface area (Å²) in [4.78, 5) is 12.1. The summed E-state index contributed by atoms with van der Waals surface area (Å²) in [5.41, 5.74) is 0.543. The van der Waals surface area contributed by atoms with E-state index in [0.717, 1.165) is 10.5 Å². The molecule has 0 saturated carbocycles. The summed E-state index contributed by atoms with van der Waals surface area (Å²) in [6.07, 6.45) is -1.26. The van der Waals surface area contributed by atoms with Crippen molar-refractivity contribution in [1.82, 2.24) is 4.90 Å². The Morgan fingerprint density at radius 3 is 2.45 bits per heavy atom. The minimum absolute atomic E-state index is 0.0528. The molecule has 0 unspecified atom stereocenters. The number of thiophene rings is 1. The van der Waals surface area contributed by atoms with Crippen LogP contribution in [0, 0.1) is 17.5 Å². The van der Waals surface area contributed by atoms with Gasteiger partial charge in [0.2, 0.25) is 0 Å². The van der Waals surface area contributed by atoms with Gasteiger partial charge in [-0.1, -0.05) is 0 Å². The third-order valence-corrected chi connectivity index (χ3v) is 3.41. The fourth-order valence-electron chi connectivity index (χ4n) is 1.68. The highest BCUT2D eigenvalue weighted by Gasteiger charge is 2.17. The molecule has 1 amide bonds. The van der Waals surface area contributed by atoms with E-state index in [1.165, 1.54) is 11.3 Å². The predicted molar refractivity (Wildman–Crippen MR) is 67.9 cm³/mol. The standard InChI is InChI=1S/C13H10F3NO2S/c14-10-4-12(16)11(15)3-9(10)6-17(13(18)19)5-8-1-2-20-7-8/h1-4,7H,5-6H2,(H,18,19). The van der Waals surface area contributed by atoms with E-state index in [1.807, 2.05) is 0 Å². The molecule has 0 fully saturated rings. The summed E-state index contributed by atoms with van der Waals surface area (Å²) in [5.74, 6) is -3.48. The molecule has 0 spiro atoms. The van der Waals surface area contributed by atoms with E-state index in [2.05, 4.69) is 0 Å². The lowest BCUT2D eigenvalue weighted by molar-refractivity contribution is 0.138. The molecule has 0 aliphatic heterocycles. The Kier molecular flexibility index (Phi) is 4.29. The lowest BCUT2D eigenvalue weighted by atomic mass is 10.2. The van der Waals surface area contributed by atoms with Gasteiger partial charge in [0.25, 0.3) is 0 Å². The van der Waals surface area contributed by atoms with E-state index in [1.54, 1.807) is 16.8 Å². The maximum absolute atomic E-state index is 13.5. The molecule has 7 heteroatoms. The Morgan fingerprint density at radius 2 is 1.85 bits per heavy atom. The van der Waals surface area contributed by atoms with Crippen LogP contribution in [0.4, 0.5) is 18.0 Å². The van der Waals surface area contributed by atoms with Gasteiger partial charge in [-0.2, -0.15) is 11.3 Å². The summed E-state index contributed by atoms with van der Waals surface area (Å²) in [6.45, 7) is -0.300. The number of rotatable bonds is 4. The van der Waals surface area contributed by atoms with Crippen molar-refractivity contribution < 1.29 is 23.1 Å². The number of benzene rings is 1. The maximum Gasteiger partial charge on any atom is 0.407 e. The van der Waals surface area contributed by atoms with E-state index in [4.69, 9.17) is 5.11 Å². The first-order valence-electron chi connectivity index (χ1n) is 5.59. The molecule has 0 atom stereocenters. The quantitative estimate of drug-likeness (QED) is 0.872. The minimum Gasteiger partial charge on any atom is -0.465 e. The van der Waals surface area contributed by atoms with Crippen LogP contribution in [0.25, 0.3) is 0 Å². The molecule has 1 aromatic heterocycles. The zero-order chi connectivity index (χ0) is 14.7. The summed E-state index contributed by atoms with van der Waals surface area (Å²) in [7, 11) is 0. The van der Waals surface area contributed by atoms with Gasteiger partial charge in [0.1, 0.15) is 5.82 Å². The summed E-state index contributed by atoms with van der Waals surface area (Å²) >= 11 is 1.40. The number of halogens is 3. The Labute approximate surface area is 116 Å². The van der Waals surface area contributed by atoms with Crippen molar-refractivity contribution in [2.75, 3.05) is 0 Å². The van der Waals surface area contributed by atoms with Crippen molar-refractivity contribution in [3.05, 3.63) is 57.5 Å². The van der Waals surface area contributed by atoms with Crippen LogP contribution in [-0.2, 0) is 13.1 Å². The van der Waals surface area contributed by atoms with Gasteiger partial charge >= 0.3 is 6.09 Å². The molecule has 2 aromatic rings. The van der Waals surface area contributed by atoms with E-state index in [0.29, 0.717) is 12.1 Å². The Bertz CT molecular complexity index is 616. The summed E-state index contributed by atoms with van der Waals surface area (Å²) in [6, 6.07) is 2.83. The molecular formula is C13H10F3NO2S. The summed E-state index contributed by atoms with van der Waals surface area (Å²) < 4.78 is 39.4. The van der Waals surface area contributed by atoms with Crippen LogP contribution in [0.5, 0.6) is 0 Å². The number of amides is 1. The lowest BCUT2D eigenvalue weighted by Crippen LogP contribution is -2.28. The van der Waals surface area contributed by atoms with Crippen LogP contribution in [0.15, 0.2) is 29.0 Å². The average molecular weight is 301 g/mol. The minimum atomic E-state index is -1.30. The third kappa shape index (κ3) is 3.30. The van der Waals surface area contributed by atoms with Gasteiger partial charge < -0.3 is 5.11 Å². The normalized spacial score (nSPS) is 10.6. The monoisotopic (exact) mass is 301 g/mol. The maximum atomic E-state index is 13.5. The van der Waals surface area contributed by atoms with E-state index < -0.39 is 23.5 Å². The highest BCUT2D eigenvalue weighted by Crippen LogP contribution is 2.18. The van der Waals surface area contributed by atoms with Gasteiger partial charge in [-0.15, -0.1) is 0 Å². The Balaban J connectivity index is 2.20. The van der Waals surface area contributed by atoms with Crippen molar-refractivity contribution in [1.29, 1.82) is 0 Å². The van der Waals surface area contributed by atoms with Gasteiger partial charge in [-0.25, -0.2) is 18.0 Å². The molecule has 0 aliphatic rings. The molecule has 1 aromatic carbocycles. The predicted octanol–water partition coefficient (Wildman–Crippen LogP) is 3.85. The van der Waals surface area contributed by atoms with Gasteiger partial charge in [-0.3, -0.25) is 4.90 Å². The van der Waals surface area contributed by atoms with Crippen LogP contribution in [-0.4, -0.2) is 16.1 Å². The van der Waals surface area contributed by atoms with Crippen molar-refractivity contribution in [3.63, 3.8) is 0 Å². The second-order valence-electron chi connectivity index (χ2n) is 4.13. The van der Waals surface area contributed by atoms with Crippen LogP contribution in [0.1, 0.15) is 11.1 Å². The van der Waals surface area contributed by atoms with Gasteiger partial charge in [-0.05, 0) is 28.5 Å². The second kappa shape index (κ2) is 5.96. The van der Waals surface area contributed by atoms with E-state index >= 15 is 0 Å². The highest BCUT2D eigenvalue weighted by molar-refractivity contribution is 7.07. The molecule has 20 heavy (non-hydrogen) atoms. The van der Waals surface area contributed by atoms with Crippen LogP contribution < -0.4 is 0 Å². The SMILES string of the molecule is O=C(O)N(Cc1ccsc1)Cc1cc(F)c(F)cc1F. The molecule has 3 nitrogen and oxygen atoms in total. The van der Waals surface area contributed by atoms with Crippen molar-refractivity contribution in [2.24, 2.45) is 0 Å². The molecule has 0 bridgehead atoms. The van der Waals surface area contributed by atoms with Crippen molar-refractivity contribution in [2.45, 2.75) is 13.1 Å². The number of nitrogens with zero attached hydrogens (tertiary/aromatic N) is 1. The van der Waals surface area contributed by atoms with E-state index in [9.17, 15) is 18.0 Å². The molecule has 1 heterocycles. The first-order chi connectivity index (χ1) is 9.47. The molecule has 0 aliphatic carbocycles. The lowest BCUT2D eigenvalue weighted by Gasteiger charge is -2.19. The van der Waals surface area contributed by atoms with Crippen LogP contribution in [0.3, 0.4) is 0 Å². The smallest absolute Gasteiger partial charge is 0.407 e. The molecular weight excluding hydrogens is 291 g/mol. The number of hydrogen-bond donors (Lipinski definition) is 1. The van der Waals surface area contributed by atoms with Crippen LogP contribution >= 0.6 is 11.3 Å². The van der Waals surface area contributed by atoms with Crippen molar-refractivity contribution in [3.8, 4) is 0 Å². The molecule has 106 valence electrons. The number of carboxylic acid groups (broad SMARTS) is 1. The van der Waals surface area contributed by atoms with E-state index in [-0.39, 0.29) is 18.7 Å². The zero-order valence-electron chi connectivity index (χ0n) is 10.1. The van der Waals surface area contributed by atoms with Crippen LogP contribution in [0.2, 0.25) is 0 Å². The van der Waals surface area contributed by atoms with Gasteiger partial charge in [0, 0.05) is 11.6 Å². The Morgan fingerprint density at radius 1 is 1.15 bits per heavy atom. The highest BCUT2D eigenvalue weighted by atomic mass is 32.1. The van der Waals surface area contributed by atoms with Crippen molar-refractivity contribution >= 4 is 17.4 Å². The first-order valence-corrected chi connectivity index (χ1v) is 6.54. The van der Waals surface area contributed by atoms with Gasteiger partial charge in [0.05, 0.1) is 13.1 Å². The third-order valence-electron chi connectivity index (χ3n) is 2.67. The summed E-state index contributed by atoms with van der Waals surface area (Å²) in [5, 5.41) is 12.6. The fourth-order valence-corrected chi connectivity index (χ4v) is 2.34. The molecule has 1 N–H and O–H groups in total. The number of carbonyl (C=O) groups is 1. The zero-order valence-corrected chi connectivity index (χ0v) is 11.0.